The Morgan fingerprint density at radius 2 is 1.40 bits per heavy atom. The molecular formula is C17H17F3. The van der Waals surface area contributed by atoms with Gasteiger partial charge in [-0.05, 0) is 42.0 Å². The Morgan fingerprint density at radius 1 is 0.800 bits per heavy atom. The van der Waals surface area contributed by atoms with Crippen LogP contribution >= 0.6 is 0 Å². The average Bonchev–Trinajstić information content (AvgIpc) is 2.45. The minimum absolute atomic E-state index is 0.573. The fraction of sp³-hybridized carbons (Fsp3) is 0.294. The van der Waals surface area contributed by atoms with E-state index >= 15 is 0 Å². The van der Waals surface area contributed by atoms with Crippen molar-refractivity contribution in [2.45, 2.75) is 32.4 Å². The summed E-state index contributed by atoms with van der Waals surface area (Å²) >= 11 is 0. The predicted molar refractivity (Wildman–Crippen MR) is 74.7 cm³/mol. The van der Waals surface area contributed by atoms with Crippen LogP contribution in [0.3, 0.4) is 0 Å². The summed E-state index contributed by atoms with van der Waals surface area (Å²) in [5.74, 6) is 0. The van der Waals surface area contributed by atoms with Crippen LogP contribution in [-0.2, 0) is 25.4 Å². The van der Waals surface area contributed by atoms with Crippen LogP contribution in [0.1, 0.15) is 29.2 Å². The van der Waals surface area contributed by atoms with Gasteiger partial charge in [0, 0.05) is 0 Å². The summed E-state index contributed by atoms with van der Waals surface area (Å²) in [4.78, 5) is 0. The lowest BCUT2D eigenvalue weighted by Gasteiger charge is -2.09. The third-order valence-corrected chi connectivity index (χ3v) is 3.39. The van der Waals surface area contributed by atoms with Crippen molar-refractivity contribution < 1.29 is 13.2 Å². The molecule has 2 aromatic carbocycles. The maximum Gasteiger partial charge on any atom is 0.416 e. The van der Waals surface area contributed by atoms with Crippen molar-refractivity contribution in [2.24, 2.45) is 0 Å². The van der Waals surface area contributed by atoms with Gasteiger partial charge in [0.1, 0.15) is 0 Å². The van der Waals surface area contributed by atoms with Crippen LogP contribution in [0.5, 0.6) is 0 Å². The molecule has 0 bridgehead atoms. The zero-order chi connectivity index (χ0) is 14.6. The average molecular weight is 278 g/mol. The van der Waals surface area contributed by atoms with Crippen LogP contribution in [0.25, 0.3) is 0 Å². The molecule has 0 amide bonds. The summed E-state index contributed by atoms with van der Waals surface area (Å²) in [7, 11) is 0. The summed E-state index contributed by atoms with van der Waals surface area (Å²) in [6.07, 6.45) is -1.90. The number of hydrogen-bond acceptors (Lipinski definition) is 0. The van der Waals surface area contributed by atoms with Crippen LogP contribution in [-0.4, -0.2) is 0 Å². The Hall–Kier alpha value is -1.77. The number of rotatable bonds is 4. The molecule has 3 heteroatoms. The quantitative estimate of drug-likeness (QED) is 0.734. The molecule has 2 rings (SSSR count). The monoisotopic (exact) mass is 278 g/mol. The van der Waals surface area contributed by atoms with Crippen molar-refractivity contribution in [3.63, 3.8) is 0 Å². The largest absolute Gasteiger partial charge is 0.416 e. The van der Waals surface area contributed by atoms with Crippen molar-refractivity contribution in [3.8, 4) is 0 Å². The minimum atomic E-state index is -4.27. The molecule has 20 heavy (non-hydrogen) atoms. The molecule has 0 aliphatic rings. The lowest BCUT2D eigenvalue weighted by atomic mass is 10.0. The van der Waals surface area contributed by atoms with Gasteiger partial charge in [0.2, 0.25) is 0 Å². The van der Waals surface area contributed by atoms with E-state index in [-0.39, 0.29) is 0 Å². The van der Waals surface area contributed by atoms with Gasteiger partial charge >= 0.3 is 6.18 Å². The number of halogens is 3. The molecule has 0 radical (unpaired) electrons. The summed E-state index contributed by atoms with van der Waals surface area (Å²) in [5.41, 5.74) is 2.57. The van der Waals surface area contributed by atoms with Gasteiger partial charge in [-0.3, -0.25) is 0 Å². The van der Waals surface area contributed by atoms with E-state index in [1.165, 1.54) is 17.7 Å². The minimum Gasteiger partial charge on any atom is -0.166 e. The van der Waals surface area contributed by atoms with E-state index in [0.717, 1.165) is 30.0 Å². The summed E-state index contributed by atoms with van der Waals surface area (Å²) in [6.45, 7) is 2.09. The Balaban J connectivity index is 2.03. The molecule has 0 N–H and O–H groups in total. The highest BCUT2D eigenvalue weighted by Crippen LogP contribution is 2.29. The molecule has 0 aliphatic carbocycles. The highest BCUT2D eigenvalue weighted by molar-refractivity contribution is 5.28. The van der Waals surface area contributed by atoms with Gasteiger partial charge < -0.3 is 0 Å². The maximum atomic E-state index is 12.6. The molecule has 0 aromatic heterocycles. The van der Waals surface area contributed by atoms with Crippen LogP contribution in [0.2, 0.25) is 0 Å². The van der Waals surface area contributed by atoms with Gasteiger partial charge in [0.25, 0.3) is 0 Å². The maximum absolute atomic E-state index is 12.6. The van der Waals surface area contributed by atoms with Crippen molar-refractivity contribution >= 4 is 0 Å². The number of hydrogen-bond donors (Lipinski definition) is 0. The fourth-order valence-electron chi connectivity index (χ4n) is 2.13. The van der Waals surface area contributed by atoms with Gasteiger partial charge in [0.05, 0.1) is 5.56 Å². The first kappa shape index (κ1) is 14.6. The number of alkyl halides is 3. The zero-order valence-electron chi connectivity index (χ0n) is 11.4. The molecule has 0 saturated heterocycles. The first-order valence-electron chi connectivity index (χ1n) is 6.73. The fourth-order valence-corrected chi connectivity index (χ4v) is 2.13. The second-order valence-corrected chi connectivity index (χ2v) is 4.87. The number of benzene rings is 2. The zero-order valence-corrected chi connectivity index (χ0v) is 11.4. The Bertz CT molecular complexity index is 553. The van der Waals surface area contributed by atoms with Crippen LogP contribution in [0.4, 0.5) is 13.2 Å². The van der Waals surface area contributed by atoms with Crippen molar-refractivity contribution in [2.75, 3.05) is 0 Å². The van der Waals surface area contributed by atoms with Gasteiger partial charge in [-0.25, -0.2) is 0 Å². The first-order chi connectivity index (χ1) is 9.49. The molecule has 106 valence electrons. The highest BCUT2D eigenvalue weighted by atomic mass is 19.4. The van der Waals surface area contributed by atoms with E-state index in [1.807, 2.05) is 12.1 Å². The lowest BCUT2D eigenvalue weighted by Crippen LogP contribution is -2.05. The Morgan fingerprint density at radius 3 is 2.00 bits per heavy atom. The summed E-state index contributed by atoms with van der Waals surface area (Å²) < 4.78 is 37.8. The summed E-state index contributed by atoms with van der Waals surface area (Å²) in [5, 5.41) is 0. The molecule has 0 atom stereocenters. The van der Waals surface area contributed by atoms with E-state index in [4.69, 9.17) is 0 Å². The second kappa shape index (κ2) is 6.12. The van der Waals surface area contributed by atoms with Crippen molar-refractivity contribution in [1.29, 1.82) is 0 Å². The summed E-state index contributed by atoms with van der Waals surface area (Å²) in [6, 6.07) is 13.8. The molecule has 2 aromatic rings. The van der Waals surface area contributed by atoms with Gasteiger partial charge in [-0.15, -0.1) is 0 Å². The molecule has 0 heterocycles. The van der Waals surface area contributed by atoms with E-state index in [0.29, 0.717) is 6.42 Å². The molecular weight excluding hydrogens is 261 g/mol. The normalized spacial score (nSPS) is 11.6. The van der Waals surface area contributed by atoms with Crippen LogP contribution in [0, 0.1) is 0 Å². The van der Waals surface area contributed by atoms with Crippen LogP contribution in [0.15, 0.2) is 48.5 Å². The third-order valence-electron chi connectivity index (χ3n) is 3.39. The molecule has 0 saturated carbocycles. The lowest BCUT2D eigenvalue weighted by molar-refractivity contribution is -0.137. The van der Waals surface area contributed by atoms with Gasteiger partial charge in [-0.1, -0.05) is 49.4 Å². The van der Waals surface area contributed by atoms with Crippen LogP contribution < -0.4 is 0 Å². The first-order valence-corrected chi connectivity index (χ1v) is 6.73. The third kappa shape index (κ3) is 3.86. The SMILES string of the molecule is CCc1ccc(CCc2cccc(C(F)(F)F)c2)cc1. The molecule has 0 fully saturated rings. The number of aryl methyl sites for hydroxylation is 3. The van der Waals surface area contributed by atoms with Gasteiger partial charge in [0.15, 0.2) is 0 Å². The predicted octanol–water partition coefficient (Wildman–Crippen LogP) is 5.05. The van der Waals surface area contributed by atoms with Crippen molar-refractivity contribution in [3.05, 3.63) is 70.8 Å². The smallest absolute Gasteiger partial charge is 0.166 e. The van der Waals surface area contributed by atoms with E-state index < -0.39 is 11.7 Å². The van der Waals surface area contributed by atoms with Gasteiger partial charge in [-0.2, -0.15) is 13.2 Å². The molecule has 0 unspecified atom stereocenters. The molecule has 0 aliphatic heterocycles. The topological polar surface area (TPSA) is 0 Å². The highest BCUT2D eigenvalue weighted by Gasteiger charge is 2.30. The van der Waals surface area contributed by atoms with E-state index in [1.54, 1.807) is 6.07 Å². The standard InChI is InChI=1S/C17H17F3/c1-2-13-6-8-14(9-7-13)10-11-15-4-3-5-16(12-15)17(18,19)20/h3-9,12H,2,10-11H2,1H3. The Labute approximate surface area is 117 Å². The Kier molecular flexibility index (Phi) is 4.48. The molecule has 0 nitrogen and oxygen atoms in total. The van der Waals surface area contributed by atoms with E-state index in [9.17, 15) is 13.2 Å². The molecule has 0 spiro atoms. The second-order valence-electron chi connectivity index (χ2n) is 4.87. The van der Waals surface area contributed by atoms with E-state index in [2.05, 4.69) is 19.1 Å². The van der Waals surface area contributed by atoms with Crippen molar-refractivity contribution in [1.82, 2.24) is 0 Å².